The van der Waals surface area contributed by atoms with E-state index in [1.807, 2.05) is 11.0 Å². The number of carbonyl (C=O) groups excluding carboxylic acids is 1. The largest absolute Gasteiger partial charge is 0.497 e. The Morgan fingerprint density at radius 2 is 1.74 bits per heavy atom. The second-order valence-corrected chi connectivity index (χ2v) is 12.3. The number of hydrogen-bond acceptors (Lipinski definition) is 7. The summed E-state index contributed by atoms with van der Waals surface area (Å²) in [5.41, 5.74) is 0. The zero-order chi connectivity index (χ0) is 27.0. The van der Waals surface area contributed by atoms with Gasteiger partial charge in [0.05, 0.1) is 25.2 Å². The molecule has 0 bridgehead atoms. The van der Waals surface area contributed by atoms with Crippen LogP contribution in [0.1, 0.15) is 57.8 Å². The van der Waals surface area contributed by atoms with Crippen LogP contribution in [0.5, 0.6) is 5.75 Å². The predicted molar refractivity (Wildman–Crippen MR) is 143 cm³/mol. The van der Waals surface area contributed by atoms with Gasteiger partial charge in [-0.2, -0.15) is 4.31 Å². The molecular formula is C28H42N2O7S. The fourth-order valence-electron chi connectivity index (χ4n) is 5.73. The topological polar surface area (TPSA) is 106 Å². The average molecular weight is 551 g/mol. The lowest BCUT2D eigenvalue weighted by atomic mass is 9.77. The summed E-state index contributed by atoms with van der Waals surface area (Å²) >= 11 is 0. The third-order valence-corrected chi connectivity index (χ3v) is 9.80. The van der Waals surface area contributed by atoms with Crippen LogP contribution in [0.15, 0.2) is 41.0 Å². The number of rotatable bonds is 11. The highest BCUT2D eigenvalue weighted by molar-refractivity contribution is 7.89. The summed E-state index contributed by atoms with van der Waals surface area (Å²) in [7, 11) is -2.31. The van der Waals surface area contributed by atoms with Gasteiger partial charge in [-0.1, -0.05) is 19.3 Å². The number of piperidine rings is 1. The van der Waals surface area contributed by atoms with Gasteiger partial charge in [-0.05, 0) is 74.3 Å². The number of benzene rings is 1. The molecule has 1 aliphatic carbocycles. The Labute approximate surface area is 226 Å². The highest BCUT2D eigenvalue weighted by Crippen LogP contribution is 2.37. The molecule has 2 fully saturated rings. The van der Waals surface area contributed by atoms with Gasteiger partial charge in [-0.25, -0.2) is 8.42 Å². The number of amides is 1. The molecule has 3 aliphatic rings. The van der Waals surface area contributed by atoms with E-state index < -0.39 is 16.3 Å². The first-order valence-corrected chi connectivity index (χ1v) is 15.4. The molecule has 1 amide bonds. The van der Waals surface area contributed by atoms with Crippen molar-refractivity contribution in [1.82, 2.24) is 9.21 Å². The first-order chi connectivity index (χ1) is 18.4. The van der Waals surface area contributed by atoms with Crippen molar-refractivity contribution in [3.05, 3.63) is 36.1 Å². The smallest absolute Gasteiger partial charge is 0.288 e. The van der Waals surface area contributed by atoms with Gasteiger partial charge in [-0.3, -0.25) is 4.79 Å². The molecule has 4 rings (SSSR count). The van der Waals surface area contributed by atoms with Crippen LogP contribution >= 0.6 is 0 Å². The Morgan fingerprint density at radius 3 is 2.39 bits per heavy atom. The Kier molecular flexibility index (Phi) is 10.5. The number of allylic oxidation sites excluding steroid dienone is 1. The summed E-state index contributed by atoms with van der Waals surface area (Å²) in [6, 6.07) is 6.16. The number of carbonyl (C=O) groups is 1. The number of nitrogens with zero attached hydrogens (tertiary/aromatic N) is 2. The van der Waals surface area contributed by atoms with Crippen LogP contribution in [-0.4, -0.2) is 81.4 Å². The molecule has 1 aromatic rings. The normalized spacial score (nSPS) is 23.1. The van der Waals surface area contributed by atoms with Crippen molar-refractivity contribution in [3.63, 3.8) is 0 Å². The number of hydrogen-bond donors (Lipinski definition) is 1. The number of aliphatic hydroxyl groups is 1. The molecule has 1 saturated carbocycles. The first-order valence-electron chi connectivity index (χ1n) is 14.0. The second-order valence-electron chi connectivity index (χ2n) is 10.4. The summed E-state index contributed by atoms with van der Waals surface area (Å²) in [5.74, 6) is 1.57. The van der Waals surface area contributed by atoms with Gasteiger partial charge in [0.25, 0.3) is 5.91 Å². The van der Waals surface area contributed by atoms with E-state index in [2.05, 4.69) is 0 Å². The van der Waals surface area contributed by atoms with E-state index in [0.29, 0.717) is 23.8 Å². The van der Waals surface area contributed by atoms with Crippen molar-refractivity contribution in [1.29, 1.82) is 0 Å². The van der Waals surface area contributed by atoms with Crippen LogP contribution < -0.4 is 4.74 Å². The molecule has 0 aromatic heterocycles. The fraction of sp³-hybridized carbons (Fsp3) is 0.679. The van der Waals surface area contributed by atoms with Gasteiger partial charge in [-0.15, -0.1) is 0 Å². The predicted octanol–water partition coefficient (Wildman–Crippen LogP) is 3.53. The Hall–Kier alpha value is -2.14. The zero-order valence-corrected chi connectivity index (χ0v) is 23.2. The van der Waals surface area contributed by atoms with E-state index in [1.165, 1.54) is 42.8 Å². The van der Waals surface area contributed by atoms with Crippen LogP contribution in [-0.2, 0) is 24.3 Å². The molecule has 1 aromatic carbocycles. The molecule has 2 heterocycles. The Bertz CT molecular complexity index is 1030. The molecule has 0 unspecified atom stereocenters. The summed E-state index contributed by atoms with van der Waals surface area (Å²) in [4.78, 5) is 15.3. The molecule has 212 valence electrons. The molecule has 0 radical (unpaired) electrons. The van der Waals surface area contributed by atoms with E-state index in [9.17, 15) is 18.3 Å². The molecule has 38 heavy (non-hydrogen) atoms. The highest BCUT2D eigenvalue weighted by atomic mass is 32.2. The number of sulfonamides is 1. The van der Waals surface area contributed by atoms with Crippen LogP contribution in [0.25, 0.3) is 0 Å². The van der Waals surface area contributed by atoms with E-state index in [0.717, 1.165) is 45.2 Å². The van der Waals surface area contributed by atoms with Gasteiger partial charge < -0.3 is 24.2 Å². The van der Waals surface area contributed by atoms with Gasteiger partial charge >= 0.3 is 0 Å². The van der Waals surface area contributed by atoms with E-state index in [4.69, 9.17) is 14.2 Å². The van der Waals surface area contributed by atoms with E-state index >= 15 is 0 Å². The summed E-state index contributed by atoms with van der Waals surface area (Å²) in [6.45, 7) is 1.28. The van der Waals surface area contributed by atoms with Gasteiger partial charge in [0.15, 0.2) is 5.76 Å². The van der Waals surface area contributed by atoms with Crippen molar-refractivity contribution < 1.29 is 32.5 Å². The number of methoxy groups -OCH3 is 1. The fourth-order valence-corrected chi connectivity index (χ4v) is 7.14. The highest BCUT2D eigenvalue weighted by Gasteiger charge is 2.35. The zero-order valence-electron chi connectivity index (χ0n) is 22.4. The minimum Gasteiger partial charge on any atom is -0.497 e. The third kappa shape index (κ3) is 7.28. The van der Waals surface area contributed by atoms with Crippen molar-refractivity contribution in [2.45, 2.75) is 69.0 Å². The maximum absolute atomic E-state index is 13.3. The monoisotopic (exact) mass is 550 g/mol. The minimum atomic E-state index is -3.83. The van der Waals surface area contributed by atoms with Crippen LogP contribution in [0.3, 0.4) is 0 Å². The SMILES string of the molecule is COc1ccc(S(=O)(=O)N(CCO)CCO[C@H]2C[C@@H](C3CCCCC3)C=C(C(=O)N3CCCCC3)O2)cc1. The summed E-state index contributed by atoms with van der Waals surface area (Å²) in [5, 5.41) is 9.53. The summed E-state index contributed by atoms with van der Waals surface area (Å²) < 4.78 is 44.9. The first kappa shape index (κ1) is 28.9. The maximum Gasteiger partial charge on any atom is 0.288 e. The van der Waals surface area contributed by atoms with Crippen LogP contribution in [0.4, 0.5) is 0 Å². The molecule has 0 spiro atoms. The quantitative estimate of drug-likeness (QED) is 0.449. The second kappa shape index (κ2) is 13.8. The Balaban J connectivity index is 1.41. The van der Waals surface area contributed by atoms with E-state index in [-0.39, 0.29) is 43.0 Å². The summed E-state index contributed by atoms with van der Waals surface area (Å²) in [6.07, 6.45) is 11.2. The lowest BCUT2D eigenvalue weighted by molar-refractivity contribution is -0.157. The minimum absolute atomic E-state index is 0.0491. The van der Waals surface area contributed by atoms with Gasteiger partial charge in [0, 0.05) is 32.6 Å². The molecule has 2 atom stereocenters. The molecule has 9 nitrogen and oxygen atoms in total. The molecule has 1 saturated heterocycles. The van der Waals surface area contributed by atoms with Crippen molar-refractivity contribution >= 4 is 15.9 Å². The molecule has 10 heteroatoms. The third-order valence-electron chi connectivity index (χ3n) is 7.89. The van der Waals surface area contributed by atoms with Gasteiger partial charge in [0.1, 0.15) is 5.75 Å². The Morgan fingerprint density at radius 1 is 1.05 bits per heavy atom. The molecular weight excluding hydrogens is 508 g/mol. The van der Waals surface area contributed by atoms with Crippen molar-refractivity contribution in [2.75, 3.05) is 46.5 Å². The number of aliphatic hydroxyl groups excluding tert-OH is 1. The number of likely N-dealkylation sites (tertiary alicyclic amines) is 1. The average Bonchev–Trinajstić information content (AvgIpc) is 2.97. The van der Waals surface area contributed by atoms with Crippen molar-refractivity contribution in [3.8, 4) is 5.75 Å². The lowest BCUT2D eigenvalue weighted by Crippen LogP contribution is -2.41. The maximum atomic E-state index is 13.3. The molecule has 2 aliphatic heterocycles. The van der Waals surface area contributed by atoms with Crippen LogP contribution in [0.2, 0.25) is 0 Å². The number of ether oxygens (including phenoxy) is 3. The lowest BCUT2D eigenvalue weighted by Gasteiger charge is -2.36. The van der Waals surface area contributed by atoms with Crippen LogP contribution in [0, 0.1) is 11.8 Å². The van der Waals surface area contributed by atoms with E-state index in [1.54, 1.807) is 12.1 Å². The molecule has 1 N–H and O–H groups in total. The van der Waals surface area contributed by atoms with Crippen molar-refractivity contribution in [2.24, 2.45) is 11.8 Å². The standard InChI is InChI=1S/C28H42N2O7S/c1-35-24-10-12-25(13-11-24)38(33,34)30(16-18-31)17-19-36-27-21-23(22-8-4-2-5-9-22)20-26(37-27)28(32)29-14-6-3-7-15-29/h10-13,20,22-23,27,31H,2-9,14-19,21H2,1H3/t23-,27+/m0/s1. The van der Waals surface area contributed by atoms with Gasteiger partial charge in [0.2, 0.25) is 16.3 Å².